The number of nitro benzene ring substituents is 1. The van der Waals surface area contributed by atoms with Crippen molar-refractivity contribution in [2.45, 2.75) is 19.8 Å². The van der Waals surface area contributed by atoms with Crippen LogP contribution in [0.1, 0.15) is 28.8 Å². The number of nitrogens with zero attached hydrogens (tertiary/aromatic N) is 3. The summed E-state index contributed by atoms with van der Waals surface area (Å²) in [4.78, 5) is 48.8. The predicted octanol–water partition coefficient (Wildman–Crippen LogP) is 1.44. The lowest BCUT2D eigenvalue weighted by Crippen LogP contribution is -2.47. The Bertz CT molecular complexity index is 797. The molecule has 1 unspecified atom stereocenters. The van der Waals surface area contributed by atoms with Crippen LogP contribution >= 0.6 is 0 Å². The number of rotatable bonds is 5. The highest BCUT2D eigenvalue weighted by Gasteiger charge is 2.31. The van der Waals surface area contributed by atoms with Crippen molar-refractivity contribution < 1.29 is 28.8 Å². The highest BCUT2D eigenvalue weighted by Crippen LogP contribution is 2.26. The van der Waals surface area contributed by atoms with E-state index in [0.717, 1.165) is 17.0 Å². The van der Waals surface area contributed by atoms with Crippen molar-refractivity contribution in [3.63, 3.8) is 0 Å². The quantitative estimate of drug-likeness (QED) is 0.608. The van der Waals surface area contributed by atoms with Gasteiger partial charge in [-0.25, -0.2) is 4.39 Å². The Morgan fingerprint density at radius 1 is 1.41 bits per heavy atom. The van der Waals surface area contributed by atoms with Crippen LogP contribution in [0.4, 0.5) is 10.1 Å². The summed E-state index contributed by atoms with van der Waals surface area (Å²) < 4.78 is 13.6. The zero-order valence-corrected chi connectivity index (χ0v) is 15.0. The van der Waals surface area contributed by atoms with Gasteiger partial charge < -0.3 is 14.9 Å². The number of carboxylic acids is 1. The Morgan fingerprint density at radius 3 is 2.67 bits per heavy atom. The molecule has 1 N–H and O–H groups in total. The first-order valence-electron chi connectivity index (χ1n) is 8.32. The molecule has 0 aromatic heterocycles. The number of likely N-dealkylation sites (N-methyl/N-ethyl adjacent to an activating group) is 1. The van der Waals surface area contributed by atoms with Crippen LogP contribution < -0.4 is 0 Å². The van der Waals surface area contributed by atoms with E-state index in [2.05, 4.69) is 0 Å². The topological polar surface area (TPSA) is 121 Å². The van der Waals surface area contributed by atoms with E-state index in [1.165, 1.54) is 18.9 Å². The fraction of sp³-hybridized carbons (Fsp3) is 0.471. The maximum absolute atomic E-state index is 13.6. The zero-order valence-electron chi connectivity index (χ0n) is 15.0. The number of nitro groups is 1. The molecule has 1 fully saturated rings. The molecular formula is C17H20FN3O6. The smallest absolute Gasteiger partial charge is 0.308 e. The van der Waals surface area contributed by atoms with Crippen molar-refractivity contribution in [1.82, 2.24) is 9.80 Å². The van der Waals surface area contributed by atoms with E-state index in [0.29, 0.717) is 19.4 Å². The monoisotopic (exact) mass is 381 g/mol. The molecule has 146 valence electrons. The van der Waals surface area contributed by atoms with Gasteiger partial charge in [0.15, 0.2) is 0 Å². The number of hydrogen-bond donors (Lipinski definition) is 1. The number of likely N-dealkylation sites (tertiary alicyclic amines) is 1. The summed E-state index contributed by atoms with van der Waals surface area (Å²) in [5.41, 5.74) is -0.942. The van der Waals surface area contributed by atoms with Gasteiger partial charge in [0, 0.05) is 25.7 Å². The third kappa shape index (κ3) is 4.57. The van der Waals surface area contributed by atoms with Gasteiger partial charge in [0.25, 0.3) is 11.6 Å². The predicted molar refractivity (Wildman–Crippen MR) is 91.7 cm³/mol. The minimum absolute atomic E-state index is 0.00315. The van der Waals surface area contributed by atoms with Crippen molar-refractivity contribution in [1.29, 1.82) is 0 Å². The van der Waals surface area contributed by atoms with Gasteiger partial charge in [0.1, 0.15) is 11.4 Å². The van der Waals surface area contributed by atoms with Gasteiger partial charge in [-0.3, -0.25) is 24.5 Å². The molecule has 0 spiro atoms. The van der Waals surface area contributed by atoms with Crippen LogP contribution in [0.2, 0.25) is 0 Å². The van der Waals surface area contributed by atoms with Crippen LogP contribution in [0.25, 0.3) is 0 Å². The second kappa shape index (κ2) is 8.11. The van der Waals surface area contributed by atoms with Crippen molar-refractivity contribution in [2.24, 2.45) is 5.92 Å². The number of aliphatic carboxylic acids is 1. The maximum atomic E-state index is 13.6. The molecule has 1 heterocycles. The average Bonchev–Trinajstić information content (AvgIpc) is 2.59. The number of halogens is 1. The van der Waals surface area contributed by atoms with Gasteiger partial charge in [0.2, 0.25) is 5.91 Å². The van der Waals surface area contributed by atoms with Crippen molar-refractivity contribution in [3.05, 3.63) is 39.2 Å². The van der Waals surface area contributed by atoms with Gasteiger partial charge in [-0.05, 0) is 31.9 Å². The van der Waals surface area contributed by atoms with E-state index < -0.39 is 52.2 Å². The fourth-order valence-corrected chi connectivity index (χ4v) is 3.13. The molecule has 1 atom stereocenters. The molecule has 1 aliphatic heterocycles. The Labute approximate surface area is 154 Å². The summed E-state index contributed by atoms with van der Waals surface area (Å²) >= 11 is 0. The molecule has 2 rings (SSSR count). The van der Waals surface area contributed by atoms with E-state index in [1.54, 1.807) is 0 Å². The SMILES string of the molecule is Cc1cc(F)cc(C(=O)N(C)CC(=O)N2CCCC(C(=O)O)C2)c1[N+](=O)[O-]. The fourth-order valence-electron chi connectivity index (χ4n) is 3.13. The number of hydrogen-bond acceptors (Lipinski definition) is 5. The van der Waals surface area contributed by atoms with Crippen LogP contribution in [-0.4, -0.2) is 64.3 Å². The van der Waals surface area contributed by atoms with E-state index in [4.69, 9.17) is 5.11 Å². The molecule has 1 aliphatic rings. The Morgan fingerprint density at radius 2 is 2.07 bits per heavy atom. The minimum atomic E-state index is -0.984. The Balaban J connectivity index is 2.15. The molecule has 0 bridgehead atoms. The zero-order chi connectivity index (χ0) is 20.3. The molecule has 1 aromatic carbocycles. The molecule has 27 heavy (non-hydrogen) atoms. The third-order valence-electron chi connectivity index (χ3n) is 4.52. The average molecular weight is 381 g/mol. The van der Waals surface area contributed by atoms with E-state index in [9.17, 15) is 28.9 Å². The number of carboxylic acid groups (broad SMARTS) is 1. The highest BCUT2D eigenvalue weighted by atomic mass is 19.1. The molecule has 9 nitrogen and oxygen atoms in total. The van der Waals surface area contributed by atoms with Crippen molar-refractivity contribution in [3.8, 4) is 0 Å². The number of piperidine rings is 1. The number of carbonyl (C=O) groups excluding carboxylic acids is 2. The molecule has 10 heteroatoms. The lowest BCUT2D eigenvalue weighted by Gasteiger charge is -2.32. The molecular weight excluding hydrogens is 361 g/mol. The van der Waals surface area contributed by atoms with Gasteiger partial charge >= 0.3 is 5.97 Å². The maximum Gasteiger partial charge on any atom is 0.308 e. The summed E-state index contributed by atoms with van der Waals surface area (Å²) in [5, 5.41) is 20.3. The number of aryl methyl sites for hydroxylation is 1. The summed E-state index contributed by atoms with van der Waals surface area (Å²) in [6.07, 6.45) is 1.01. The first-order chi connectivity index (χ1) is 12.6. The van der Waals surface area contributed by atoms with Crippen LogP contribution in [0.3, 0.4) is 0 Å². The summed E-state index contributed by atoms with van der Waals surface area (Å²) in [5.74, 6) is -3.75. The summed E-state index contributed by atoms with van der Waals surface area (Å²) in [6, 6.07) is 1.73. The second-order valence-corrected chi connectivity index (χ2v) is 6.55. The summed E-state index contributed by atoms with van der Waals surface area (Å²) in [7, 11) is 1.28. The van der Waals surface area contributed by atoms with Crippen molar-refractivity contribution in [2.75, 3.05) is 26.7 Å². The van der Waals surface area contributed by atoms with E-state index in [1.807, 2.05) is 0 Å². The van der Waals surface area contributed by atoms with E-state index in [-0.39, 0.29) is 12.1 Å². The largest absolute Gasteiger partial charge is 0.481 e. The van der Waals surface area contributed by atoms with Gasteiger partial charge in [-0.15, -0.1) is 0 Å². The second-order valence-electron chi connectivity index (χ2n) is 6.55. The molecule has 1 aromatic rings. The highest BCUT2D eigenvalue weighted by molar-refractivity contribution is 6.00. The lowest BCUT2D eigenvalue weighted by molar-refractivity contribution is -0.385. The van der Waals surface area contributed by atoms with Crippen LogP contribution in [0.5, 0.6) is 0 Å². The number of amides is 2. The Kier molecular flexibility index (Phi) is 6.09. The number of benzene rings is 1. The summed E-state index contributed by atoms with van der Waals surface area (Å²) in [6.45, 7) is 1.36. The Hall–Kier alpha value is -3.04. The first kappa shape index (κ1) is 20.3. The van der Waals surface area contributed by atoms with Crippen molar-refractivity contribution >= 4 is 23.5 Å². The standard InChI is InChI=1S/C17H20FN3O6/c1-10-6-12(18)7-13(15(10)21(26)27)16(23)19(2)9-14(22)20-5-3-4-11(8-20)17(24)25/h6-7,11H,3-5,8-9H2,1-2H3,(H,24,25). The van der Waals surface area contributed by atoms with Gasteiger partial charge in [0.05, 0.1) is 17.4 Å². The lowest BCUT2D eigenvalue weighted by atomic mass is 9.98. The molecule has 0 radical (unpaired) electrons. The number of carbonyl (C=O) groups is 3. The molecule has 0 saturated carbocycles. The van der Waals surface area contributed by atoms with Crippen LogP contribution in [0.15, 0.2) is 12.1 Å². The van der Waals surface area contributed by atoms with Gasteiger partial charge in [-0.2, -0.15) is 0 Å². The molecule has 0 aliphatic carbocycles. The van der Waals surface area contributed by atoms with Crippen LogP contribution in [0, 0.1) is 28.8 Å². The molecule has 2 amide bonds. The van der Waals surface area contributed by atoms with Gasteiger partial charge in [-0.1, -0.05) is 0 Å². The van der Waals surface area contributed by atoms with E-state index >= 15 is 0 Å². The normalized spacial score (nSPS) is 16.7. The third-order valence-corrected chi connectivity index (χ3v) is 4.52. The van der Waals surface area contributed by atoms with Crippen LogP contribution in [-0.2, 0) is 9.59 Å². The molecule has 1 saturated heterocycles. The minimum Gasteiger partial charge on any atom is -0.481 e. The first-order valence-corrected chi connectivity index (χ1v) is 8.32.